The Morgan fingerprint density at radius 2 is 2.31 bits per heavy atom. The third kappa shape index (κ3) is 3.16. The summed E-state index contributed by atoms with van der Waals surface area (Å²) in [5.41, 5.74) is 0.647. The smallest absolute Gasteiger partial charge is 0.120 e. The van der Waals surface area contributed by atoms with E-state index in [2.05, 4.69) is 13.0 Å². The van der Waals surface area contributed by atoms with Crippen LogP contribution in [0.1, 0.15) is 25.3 Å². The van der Waals surface area contributed by atoms with Crippen LogP contribution in [0.3, 0.4) is 0 Å². The van der Waals surface area contributed by atoms with Crippen LogP contribution in [0, 0.1) is 11.3 Å². The van der Waals surface area contributed by atoms with Gasteiger partial charge in [-0.25, -0.2) is 0 Å². The zero-order valence-corrected chi connectivity index (χ0v) is 7.79. The van der Waals surface area contributed by atoms with E-state index >= 15 is 0 Å². The van der Waals surface area contributed by atoms with Crippen molar-refractivity contribution in [1.82, 2.24) is 0 Å². The third-order valence-corrected chi connectivity index (χ3v) is 1.73. The van der Waals surface area contributed by atoms with Gasteiger partial charge in [0.25, 0.3) is 0 Å². The maximum atomic E-state index is 8.63. The number of nitriles is 1. The van der Waals surface area contributed by atoms with Gasteiger partial charge in [-0.3, -0.25) is 0 Å². The molecule has 0 aliphatic heterocycles. The van der Waals surface area contributed by atoms with Gasteiger partial charge in [-0.1, -0.05) is 19.4 Å². The largest absolute Gasteiger partial charge is 0.494 e. The van der Waals surface area contributed by atoms with E-state index in [1.807, 2.05) is 12.1 Å². The third-order valence-electron chi connectivity index (χ3n) is 1.73. The van der Waals surface area contributed by atoms with Crippen molar-refractivity contribution in [2.45, 2.75) is 19.8 Å². The maximum absolute atomic E-state index is 8.63. The molecular weight excluding hydrogens is 162 g/mol. The Kier molecular flexibility index (Phi) is 3.84. The first-order valence-electron chi connectivity index (χ1n) is 4.49. The molecule has 0 atom stereocenters. The average molecular weight is 175 g/mol. The van der Waals surface area contributed by atoms with E-state index in [0.717, 1.165) is 25.2 Å². The van der Waals surface area contributed by atoms with Gasteiger partial charge in [0.15, 0.2) is 0 Å². The quantitative estimate of drug-likeness (QED) is 0.659. The molecule has 0 saturated heterocycles. The van der Waals surface area contributed by atoms with Gasteiger partial charge in [0.05, 0.1) is 18.2 Å². The highest BCUT2D eigenvalue weighted by Gasteiger charge is 1.94. The molecule has 0 aliphatic carbocycles. The second kappa shape index (κ2) is 5.21. The molecule has 0 N–H and O–H groups in total. The summed E-state index contributed by atoms with van der Waals surface area (Å²) >= 11 is 0. The summed E-state index contributed by atoms with van der Waals surface area (Å²) in [6.07, 6.45) is 2.18. The highest BCUT2D eigenvalue weighted by molar-refractivity contribution is 5.36. The Morgan fingerprint density at radius 3 is 3.00 bits per heavy atom. The van der Waals surface area contributed by atoms with E-state index in [1.54, 1.807) is 12.1 Å². The molecule has 68 valence electrons. The number of hydrogen-bond acceptors (Lipinski definition) is 2. The van der Waals surface area contributed by atoms with Gasteiger partial charge < -0.3 is 4.74 Å². The van der Waals surface area contributed by atoms with Crippen LogP contribution in [0.2, 0.25) is 0 Å². The molecule has 0 spiro atoms. The van der Waals surface area contributed by atoms with Gasteiger partial charge in [-0.05, 0) is 24.6 Å². The van der Waals surface area contributed by atoms with Crippen molar-refractivity contribution in [1.29, 1.82) is 5.26 Å². The van der Waals surface area contributed by atoms with Gasteiger partial charge in [-0.2, -0.15) is 5.26 Å². The van der Waals surface area contributed by atoms with Gasteiger partial charge in [0.2, 0.25) is 0 Å². The van der Waals surface area contributed by atoms with Crippen molar-refractivity contribution in [2.24, 2.45) is 0 Å². The lowest BCUT2D eigenvalue weighted by Gasteiger charge is -2.04. The normalized spacial score (nSPS) is 9.23. The van der Waals surface area contributed by atoms with Crippen LogP contribution in [-0.4, -0.2) is 6.61 Å². The Morgan fingerprint density at radius 1 is 1.46 bits per heavy atom. The zero-order chi connectivity index (χ0) is 9.52. The number of nitrogens with zero attached hydrogens (tertiary/aromatic N) is 1. The molecule has 0 aromatic heterocycles. The van der Waals surface area contributed by atoms with Gasteiger partial charge in [0.1, 0.15) is 5.75 Å². The van der Waals surface area contributed by atoms with Crippen LogP contribution in [0.25, 0.3) is 0 Å². The predicted molar refractivity (Wildman–Crippen MR) is 51.6 cm³/mol. The molecule has 0 radical (unpaired) electrons. The lowest BCUT2D eigenvalue weighted by Crippen LogP contribution is -1.96. The van der Waals surface area contributed by atoms with Crippen LogP contribution in [-0.2, 0) is 0 Å². The molecule has 1 rings (SSSR count). The van der Waals surface area contributed by atoms with Gasteiger partial charge in [-0.15, -0.1) is 0 Å². The number of unbranched alkanes of at least 4 members (excludes halogenated alkanes) is 1. The molecule has 0 aliphatic rings. The molecule has 13 heavy (non-hydrogen) atoms. The molecule has 0 unspecified atom stereocenters. The van der Waals surface area contributed by atoms with Crippen molar-refractivity contribution in [3.05, 3.63) is 29.8 Å². The first-order valence-corrected chi connectivity index (χ1v) is 4.49. The molecule has 0 bridgehead atoms. The Bertz CT molecular complexity index is 301. The van der Waals surface area contributed by atoms with E-state index in [1.165, 1.54) is 0 Å². The van der Waals surface area contributed by atoms with Gasteiger partial charge in [0, 0.05) is 0 Å². The SMILES string of the molecule is CCCCOc1cccc(C#N)c1. The van der Waals surface area contributed by atoms with Gasteiger partial charge >= 0.3 is 0 Å². The molecular formula is C11H13NO. The minimum Gasteiger partial charge on any atom is -0.494 e. The second-order valence-electron chi connectivity index (χ2n) is 2.84. The fourth-order valence-electron chi connectivity index (χ4n) is 0.990. The maximum Gasteiger partial charge on any atom is 0.120 e. The number of benzene rings is 1. The lowest BCUT2D eigenvalue weighted by molar-refractivity contribution is 0.309. The number of hydrogen-bond donors (Lipinski definition) is 0. The summed E-state index contributed by atoms with van der Waals surface area (Å²) in [4.78, 5) is 0. The van der Waals surface area contributed by atoms with E-state index in [-0.39, 0.29) is 0 Å². The summed E-state index contributed by atoms with van der Waals surface area (Å²) in [6.45, 7) is 2.85. The fraction of sp³-hybridized carbons (Fsp3) is 0.364. The molecule has 1 aromatic carbocycles. The summed E-state index contributed by atoms with van der Waals surface area (Å²) < 4.78 is 5.44. The first-order chi connectivity index (χ1) is 6.36. The Balaban J connectivity index is 2.52. The van der Waals surface area contributed by atoms with E-state index < -0.39 is 0 Å². The first kappa shape index (κ1) is 9.60. The zero-order valence-electron chi connectivity index (χ0n) is 7.79. The van der Waals surface area contributed by atoms with Crippen LogP contribution in [0.5, 0.6) is 5.75 Å². The van der Waals surface area contributed by atoms with E-state index in [4.69, 9.17) is 10.00 Å². The molecule has 0 fully saturated rings. The molecule has 0 amide bonds. The molecule has 2 nitrogen and oxygen atoms in total. The number of rotatable bonds is 4. The minimum atomic E-state index is 0.647. The van der Waals surface area contributed by atoms with E-state index in [9.17, 15) is 0 Å². The van der Waals surface area contributed by atoms with Crippen LogP contribution < -0.4 is 4.74 Å². The highest BCUT2D eigenvalue weighted by Crippen LogP contribution is 2.12. The fourth-order valence-corrected chi connectivity index (χ4v) is 0.990. The monoisotopic (exact) mass is 175 g/mol. The van der Waals surface area contributed by atoms with Crippen LogP contribution in [0.15, 0.2) is 24.3 Å². The highest BCUT2D eigenvalue weighted by atomic mass is 16.5. The molecule has 0 saturated carbocycles. The standard InChI is InChI=1S/C11H13NO/c1-2-3-7-13-11-6-4-5-10(8-11)9-12/h4-6,8H,2-3,7H2,1H3. The van der Waals surface area contributed by atoms with Crippen molar-refractivity contribution < 1.29 is 4.74 Å². The van der Waals surface area contributed by atoms with Crippen molar-refractivity contribution in [3.8, 4) is 11.8 Å². The van der Waals surface area contributed by atoms with Crippen molar-refractivity contribution >= 4 is 0 Å². The molecule has 1 aromatic rings. The number of ether oxygens (including phenoxy) is 1. The average Bonchev–Trinajstić information content (AvgIpc) is 2.19. The Hall–Kier alpha value is -1.49. The van der Waals surface area contributed by atoms with Crippen molar-refractivity contribution in [2.75, 3.05) is 6.61 Å². The second-order valence-corrected chi connectivity index (χ2v) is 2.84. The topological polar surface area (TPSA) is 33.0 Å². The van der Waals surface area contributed by atoms with Crippen LogP contribution >= 0.6 is 0 Å². The van der Waals surface area contributed by atoms with Crippen molar-refractivity contribution in [3.63, 3.8) is 0 Å². The lowest BCUT2D eigenvalue weighted by atomic mass is 10.2. The molecule has 2 heteroatoms. The van der Waals surface area contributed by atoms with Crippen LogP contribution in [0.4, 0.5) is 0 Å². The Labute approximate surface area is 78.8 Å². The summed E-state index contributed by atoms with van der Waals surface area (Å²) in [5.74, 6) is 0.785. The van der Waals surface area contributed by atoms with E-state index in [0.29, 0.717) is 5.56 Å². The minimum absolute atomic E-state index is 0.647. The summed E-state index contributed by atoms with van der Waals surface area (Å²) in [6, 6.07) is 9.31. The summed E-state index contributed by atoms with van der Waals surface area (Å²) in [5, 5.41) is 8.63. The predicted octanol–water partition coefficient (Wildman–Crippen LogP) is 2.74. The summed E-state index contributed by atoms with van der Waals surface area (Å²) in [7, 11) is 0. The molecule has 0 heterocycles.